The summed E-state index contributed by atoms with van der Waals surface area (Å²) in [5.74, 6) is 0. The first kappa shape index (κ1) is 30.1. The molecule has 10 aromatic rings. The lowest BCUT2D eigenvalue weighted by atomic mass is 9.85. The predicted octanol–water partition coefficient (Wildman–Crippen LogP) is 13.5. The van der Waals surface area contributed by atoms with Gasteiger partial charge in [0, 0.05) is 28.9 Å². The van der Waals surface area contributed by atoms with Gasteiger partial charge in [0.25, 0.3) is 0 Å². The van der Waals surface area contributed by atoms with Crippen molar-refractivity contribution in [2.24, 2.45) is 0 Å². The number of benzene rings is 8. The Balaban J connectivity index is 1.13. The topological polar surface area (TPSA) is 17.8 Å². The van der Waals surface area contributed by atoms with E-state index in [1.807, 2.05) is 12.4 Å². The lowest BCUT2D eigenvalue weighted by Gasteiger charge is -2.18. The third kappa shape index (κ3) is 4.92. The van der Waals surface area contributed by atoms with E-state index in [4.69, 9.17) is 0 Å². The first-order valence-corrected chi connectivity index (χ1v) is 17.9. The number of aryl methyl sites for hydroxylation is 1. The molecule has 2 heterocycles. The Hall–Kier alpha value is -6.77. The molecular weight excluding hydrogens is 629 g/mol. The standard InChI is InChI=1S/C50H34N2/c1-33-21-23-35(24-22-33)49-41-17-5-7-19-43(41)50(44-20-8-6-18-42(44)49)39-15-9-13-36(29-39)37-14-10-16-40(30-37)52-47-26-25-38(34-11-3-2-4-12-34)31-45(47)46-32-51-28-27-48(46)52/h2-32H,1H3. The highest BCUT2D eigenvalue weighted by Crippen LogP contribution is 2.44. The molecule has 2 nitrogen and oxygen atoms in total. The summed E-state index contributed by atoms with van der Waals surface area (Å²) < 4.78 is 2.37. The Kier molecular flexibility index (Phi) is 7.07. The van der Waals surface area contributed by atoms with Crippen molar-refractivity contribution in [3.63, 3.8) is 0 Å². The SMILES string of the molecule is Cc1ccc(-c2c3ccccc3c(-c3cccc(-c4cccc(-n5c6ccncc6c6cc(-c7ccccc7)ccc65)c4)c3)c3ccccc23)cc1. The van der Waals surface area contributed by atoms with Crippen molar-refractivity contribution in [1.82, 2.24) is 9.55 Å². The maximum Gasteiger partial charge on any atom is 0.0571 e. The summed E-state index contributed by atoms with van der Waals surface area (Å²) in [6, 6.07) is 64.2. The first-order valence-electron chi connectivity index (χ1n) is 17.9. The lowest BCUT2D eigenvalue weighted by Crippen LogP contribution is -1.94. The fourth-order valence-corrected chi connectivity index (χ4v) is 8.10. The van der Waals surface area contributed by atoms with Gasteiger partial charge < -0.3 is 4.57 Å². The van der Waals surface area contributed by atoms with Crippen LogP contribution in [0.3, 0.4) is 0 Å². The number of pyridine rings is 1. The molecular formula is C50H34N2. The van der Waals surface area contributed by atoms with Crippen LogP contribution in [-0.4, -0.2) is 9.55 Å². The van der Waals surface area contributed by atoms with E-state index in [1.54, 1.807) is 0 Å². The lowest BCUT2D eigenvalue weighted by molar-refractivity contribution is 1.17. The number of fused-ring (bicyclic) bond motifs is 5. The largest absolute Gasteiger partial charge is 0.309 e. The number of nitrogens with zero attached hydrogens (tertiary/aromatic N) is 2. The molecule has 0 saturated carbocycles. The Morgan fingerprint density at radius 2 is 0.904 bits per heavy atom. The van der Waals surface area contributed by atoms with Gasteiger partial charge in [0.2, 0.25) is 0 Å². The molecule has 52 heavy (non-hydrogen) atoms. The van der Waals surface area contributed by atoms with Gasteiger partial charge in [0.05, 0.1) is 11.0 Å². The van der Waals surface area contributed by atoms with Crippen molar-refractivity contribution >= 4 is 43.4 Å². The first-order chi connectivity index (χ1) is 25.7. The maximum absolute atomic E-state index is 4.53. The fourth-order valence-electron chi connectivity index (χ4n) is 8.10. The van der Waals surface area contributed by atoms with E-state index >= 15 is 0 Å². The van der Waals surface area contributed by atoms with Crippen LogP contribution in [0.2, 0.25) is 0 Å². The van der Waals surface area contributed by atoms with Crippen molar-refractivity contribution in [3.8, 4) is 50.2 Å². The molecule has 0 aliphatic carbocycles. The molecule has 0 N–H and O–H groups in total. The molecule has 0 saturated heterocycles. The van der Waals surface area contributed by atoms with E-state index < -0.39 is 0 Å². The average molecular weight is 663 g/mol. The van der Waals surface area contributed by atoms with Gasteiger partial charge in [-0.15, -0.1) is 0 Å². The van der Waals surface area contributed by atoms with Crippen LogP contribution in [0, 0.1) is 6.92 Å². The highest BCUT2D eigenvalue weighted by atomic mass is 15.0. The van der Waals surface area contributed by atoms with Gasteiger partial charge in [-0.25, -0.2) is 0 Å². The van der Waals surface area contributed by atoms with Gasteiger partial charge >= 0.3 is 0 Å². The number of hydrogen-bond donors (Lipinski definition) is 0. The average Bonchev–Trinajstić information content (AvgIpc) is 3.54. The quantitative estimate of drug-likeness (QED) is 0.168. The Morgan fingerprint density at radius 3 is 1.62 bits per heavy atom. The van der Waals surface area contributed by atoms with Crippen molar-refractivity contribution in [2.75, 3.05) is 0 Å². The van der Waals surface area contributed by atoms with Crippen LogP contribution in [0.15, 0.2) is 188 Å². The second kappa shape index (κ2) is 12.2. The molecule has 2 heteroatoms. The number of aromatic nitrogens is 2. The van der Waals surface area contributed by atoms with Gasteiger partial charge in [-0.05, 0) is 109 Å². The van der Waals surface area contributed by atoms with Crippen LogP contribution in [0.25, 0.3) is 93.5 Å². The third-order valence-corrected chi connectivity index (χ3v) is 10.5. The summed E-state index contributed by atoms with van der Waals surface area (Å²) in [6.45, 7) is 2.15. The second-order valence-corrected chi connectivity index (χ2v) is 13.7. The highest BCUT2D eigenvalue weighted by molar-refractivity contribution is 6.21. The molecule has 0 spiro atoms. The van der Waals surface area contributed by atoms with E-state index in [-0.39, 0.29) is 0 Å². The Morgan fingerprint density at radius 1 is 0.365 bits per heavy atom. The van der Waals surface area contributed by atoms with Crippen LogP contribution in [-0.2, 0) is 0 Å². The molecule has 0 amide bonds. The van der Waals surface area contributed by atoms with Gasteiger partial charge in [0.1, 0.15) is 0 Å². The maximum atomic E-state index is 4.53. The summed E-state index contributed by atoms with van der Waals surface area (Å²) in [5, 5.41) is 7.40. The minimum Gasteiger partial charge on any atom is -0.309 e. The minimum atomic E-state index is 1.12. The van der Waals surface area contributed by atoms with Gasteiger partial charge in [0.15, 0.2) is 0 Å². The highest BCUT2D eigenvalue weighted by Gasteiger charge is 2.18. The van der Waals surface area contributed by atoms with Crippen molar-refractivity contribution < 1.29 is 0 Å². The normalized spacial score (nSPS) is 11.6. The van der Waals surface area contributed by atoms with Crippen LogP contribution in [0.5, 0.6) is 0 Å². The van der Waals surface area contributed by atoms with Crippen molar-refractivity contribution in [3.05, 3.63) is 194 Å². The summed E-state index contributed by atoms with van der Waals surface area (Å²) in [4.78, 5) is 4.53. The molecule has 8 aromatic carbocycles. The second-order valence-electron chi connectivity index (χ2n) is 13.7. The minimum absolute atomic E-state index is 1.12. The Bertz CT molecular complexity index is 2890. The molecule has 0 unspecified atom stereocenters. The monoisotopic (exact) mass is 662 g/mol. The summed E-state index contributed by atoms with van der Waals surface area (Å²) in [5.41, 5.74) is 14.5. The van der Waals surface area contributed by atoms with Gasteiger partial charge in [-0.3, -0.25) is 4.98 Å². The zero-order valence-corrected chi connectivity index (χ0v) is 28.8. The summed E-state index contributed by atoms with van der Waals surface area (Å²) >= 11 is 0. The zero-order chi connectivity index (χ0) is 34.6. The van der Waals surface area contributed by atoms with E-state index in [2.05, 4.69) is 192 Å². The van der Waals surface area contributed by atoms with Crippen LogP contribution < -0.4 is 0 Å². The molecule has 0 radical (unpaired) electrons. The zero-order valence-electron chi connectivity index (χ0n) is 28.8. The van der Waals surface area contributed by atoms with E-state index in [9.17, 15) is 0 Å². The van der Waals surface area contributed by atoms with Crippen molar-refractivity contribution in [1.29, 1.82) is 0 Å². The fraction of sp³-hybridized carbons (Fsp3) is 0.0200. The van der Waals surface area contributed by atoms with Crippen LogP contribution in [0.4, 0.5) is 0 Å². The summed E-state index contributed by atoms with van der Waals surface area (Å²) in [7, 11) is 0. The molecule has 0 bridgehead atoms. The molecule has 0 fully saturated rings. The molecule has 0 aliphatic rings. The molecule has 10 rings (SSSR count). The molecule has 0 atom stereocenters. The third-order valence-electron chi connectivity index (χ3n) is 10.5. The smallest absolute Gasteiger partial charge is 0.0571 e. The predicted molar refractivity (Wildman–Crippen MR) is 220 cm³/mol. The number of rotatable bonds is 5. The Labute approximate surface area is 302 Å². The van der Waals surface area contributed by atoms with E-state index in [0.29, 0.717) is 0 Å². The molecule has 244 valence electrons. The molecule has 2 aromatic heterocycles. The molecule has 0 aliphatic heterocycles. The van der Waals surface area contributed by atoms with Crippen LogP contribution >= 0.6 is 0 Å². The summed E-state index contributed by atoms with van der Waals surface area (Å²) in [6.07, 6.45) is 3.89. The van der Waals surface area contributed by atoms with Gasteiger partial charge in [-0.1, -0.05) is 145 Å². The van der Waals surface area contributed by atoms with E-state index in [1.165, 1.54) is 82.5 Å². The number of hydrogen-bond acceptors (Lipinski definition) is 1. The van der Waals surface area contributed by atoms with Crippen molar-refractivity contribution in [2.45, 2.75) is 6.92 Å². The van der Waals surface area contributed by atoms with Crippen LogP contribution in [0.1, 0.15) is 5.56 Å². The van der Waals surface area contributed by atoms with E-state index in [0.717, 1.165) is 16.6 Å². The van der Waals surface area contributed by atoms with Gasteiger partial charge in [-0.2, -0.15) is 0 Å².